The molecule has 1 unspecified atom stereocenters. The first-order chi connectivity index (χ1) is 8.83. The highest BCUT2D eigenvalue weighted by molar-refractivity contribution is 9.10. The van der Waals surface area contributed by atoms with Crippen molar-refractivity contribution < 1.29 is 4.74 Å². The topological polar surface area (TPSA) is 21.3 Å². The maximum Gasteiger partial charge on any atom is 0.124 e. The maximum absolute atomic E-state index is 5.69. The molecule has 0 aromatic heterocycles. The second-order valence-corrected chi connectivity index (χ2v) is 5.30. The summed E-state index contributed by atoms with van der Waals surface area (Å²) in [5, 5.41) is 3.56. The minimum absolute atomic E-state index is 0.314. The van der Waals surface area contributed by atoms with Crippen LogP contribution in [-0.4, -0.2) is 6.61 Å². The second-order valence-electron chi connectivity index (χ2n) is 4.38. The number of hydrogen-bond acceptors (Lipinski definition) is 2. The lowest BCUT2D eigenvalue weighted by atomic mass is 10.0. The van der Waals surface area contributed by atoms with Gasteiger partial charge in [0.25, 0.3) is 0 Å². The standard InChI is InChI=1S/C15H14BrNO/c16-11-6-7-15-13(10-11)14(8-9-18-15)17-12-4-2-1-3-5-12/h1-7,10,14,17H,8-9H2. The van der Waals surface area contributed by atoms with Crippen molar-refractivity contribution in [2.75, 3.05) is 11.9 Å². The molecule has 1 atom stereocenters. The molecule has 0 aliphatic carbocycles. The van der Waals surface area contributed by atoms with E-state index in [0.717, 1.165) is 28.9 Å². The molecule has 2 aromatic carbocycles. The first-order valence-corrected chi connectivity index (χ1v) is 6.86. The normalized spacial score (nSPS) is 17.7. The van der Waals surface area contributed by atoms with E-state index in [1.165, 1.54) is 5.56 Å². The van der Waals surface area contributed by atoms with Gasteiger partial charge >= 0.3 is 0 Å². The largest absolute Gasteiger partial charge is 0.493 e. The lowest BCUT2D eigenvalue weighted by Gasteiger charge is -2.27. The molecule has 1 aliphatic heterocycles. The van der Waals surface area contributed by atoms with Crippen LogP contribution >= 0.6 is 15.9 Å². The molecule has 0 radical (unpaired) electrons. The van der Waals surface area contributed by atoms with Crippen molar-refractivity contribution in [3.8, 4) is 5.75 Å². The number of benzene rings is 2. The third-order valence-electron chi connectivity index (χ3n) is 3.13. The number of ether oxygens (including phenoxy) is 1. The van der Waals surface area contributed by atoms with Gasteiger partial charge in [0.1, 0.15) is 5.75 Å². The highest BCUT2D eigenvalue weighted by Crippen LogP contribution is 2.35. The van der Waals surface area contributed by atoms with Gasteiger partial charge in [-0.3, -0.25) is 0 Å². The zero-order valence-electron chi connectivity index (χ0n) is 9.90. The number of halogens is 1. The molecule has 0 spiro atoms. The molecule has 0 amide bonds. The first-order valence-electron chi connectivity index (χ1n) is 6.07. The number of anilines is 1. The van der Waals surface area contributed by atoms with Crippen LogP contribution in [0.2, 0.25) is 0 Å². The van der Waals surface area contributed by atoms with E-state index in [4.69, 9.17) is 4.74 Å². The molecule has 0 saturated heterocycles. The van der Waals surface area contributed by atoms with E-state index in [2.05, 4.69) is 39.4 Å². The SMILES string of the molecule is Brc1ccc2c(c1)C(Nc1ccccc1)CCO2. The Bertz CT molecular complexity index is 541. The molecule has 2 nitrogen and oxygen atoms in total. The Morgan fingerprint density at radius 2 is 1.94 bits per heavy atom. The Labute approximate surface area is 115 Å². The predicted octanol–water partition coefficient (Wildman–Crippen LogP) is 4.38. The van der Waals surface area contributed by atoms with Crippen molar-refractivity contribution in [2.45, 2.75) is 12.5 Å². The molecular formula is C15H14BrNO. The van der Waals surface area contributed by atoms with Crippen LogP contribution in [0.3, 0.4) is 0 Å². The van der Waals surface area contributed by atoms with Gasteiger partial charge < -0.3 is 10.1 Å². The summed E-state index contributed by atoms with van der Waals surface area (Å²) in [5.41, 5.74) is 2.37. The van der Waals surface area contributed by atoms with Crippen LogP contribution in [0.4, 0.5) is 5.69 Å². The molecule has 0 fully saturated rings. The van der Waals surface area contributed by atoms with Gasteiger partial charge in [-0.15, -0.1) is 0 Å². The van der Waals surface area contributed by atoms with Crippen LogP contribution in [0.15, 0.2) is 53.0 Å². The molecule has 1 aliphatic rings. The molecule has 3 rings (SSSR count). The molecule has 1 N–H and O–H groups in total. The molecule has 92 valence electrons. The predicted molar refractivity (Wildman–Crippen MR) is 77.1 cm³/mol. The van der Waals surface area contributed by atoms with Crippen molar-refractivity contribution in [1.82, 2.24) is 0 Å². The smallest absolute Gasteiger partial charge is 0.124 e. The zero-order chi connectivity index (χ0) is 12.4. The van der Waals surface area contributed by atoms with Crippen LogP contribution in [0.25, 0.3) is 0 Å². The van der Waals surface area contributed by atoms with Gasteiger partial charge in [0, 0.05) is 22.1 Å². The monoisotopic (exact) mass is 303 g/mol. The minimum atomic E-state index is 0.314. The maximum atomic E-state index is 5.69. The molecule has 18 heavy (non-hydrogen) atoms. The van der Waals surface area contributed by atoms with Crippen LogP contribution in [-0.2, 0) is 0 Å². The van der Waals surface area contributed by atoms with Crippen molar-refractivity contribution in [1.29, 1.82) is 0 Å². The summed E-state index contributed by atoms with van der Waals surface area (Å²) in [7, 11) is 0. The summed E-state index contributed by atoms with van der Waals surface area (Å²) in [5.74, 6) is 0.984. The average molecular weight is 304 g/mol. The summed E-state index contributed by atoms with van der Waals surface area (Å²) in [6, 6.07) is 16.8. The summed E-state index contributed by atoms with van der Waals surface area (Å²) in [4.78, 5) is 0. The van der Waals surface area contributed by atoms with Gasteiger partial charge in [-0.2, -0.15) is 0 Å². The highest BCUT2D eigenvalue weighted by Gasteiger charge is 2.21. The Hall–Kier alpha value is -1.48. The number of hydrogen-bond donors (Lipinski definition) is 1. The Morgan fingerprint density at radius 3 is 2.78 bits per heavy atom. The van der Waals surface area contributed by atoms with E-state index in [9.17, 15) is 0 Å². The van der Waals surface area contributed by atoms with E-state index >= 15 is 0 Å². The number of nitrogens with one attached hydrogen (secondary N) is 1. The molecule has 3 heteroatoms. The Balaban J connectivity index is 1.89. The summed E-state index contributed by atoms with van der Waals surface area (Å²) < 4.78 is 6.78. The summed E-state index contributed by atoms with van der Waals surface area (Å²) >= 11 is 3.52. The van der Waals surface area contributed by atoms with Gasteiger partial charge in [-0.05, 0) is 30.3 Å². The molecule has 1 heterocycles. The van der Waals surface area contributed by atoms with Crippen molar-refractivity contribution in [3.05, 3.63) is 58.6 Å². The van der Waals surface area contributed by atoms with Gasteiger partial charge in [0.15, 0.2) is 0 Å². The Morgan fingerprint density at radius 1 is 1.11 bits per heavy atom. The number of fused-ring (bicyclic) bond motifs is 1. The van der Waals surface area contributed by atoms with Gasteiger partial charge in [-0.1, -0.05) is 34.1 Å². The number of para-hydroxylation sites is 1. The minimum Gasteiger partial charge on any atom is -0.493 e. The van der Waals surface area contributed by atoms with Crippen LogP contribution in [0.1, 0.15) is 18.0 Å². The Kier molecular flexibility index (Phi) is 3.24. The first kappa shape index (κ1) is 11.6. The fraction of sp³-hybridized carbons (Fsp3) is 0.200. The van der Waals surface area contributed by atoms with Gasteiger partial charge in [-0.25, -0.2) is 0 Å². The average Bonchev–Trinajstić information content (AvgIpc) is 2.41. The molecule has 0 saturated carbocycles. The molecule has 2 aromatic rings. The van der Waals surface area contributed by atoms with E-state index in [1.54, 1.807) is 0 Å². The van der Waals surface area contributed by atoms with E-state index in [0.29, 0.717) is 6.04 Å². The van der Waals surface area contributed by atoms with Crippen molar-refractivity contribution in [2.24, 2.45) is 0 Å². The summed E-state index contributed by atoms with van der Waals surface area (Å²) in [6.45, 7) is 0.763. The zero-order valence-corrected chi connectivity index (χ0v) is 11.5. The van der Waals surface area contributed by atoms with Crippen molar-refractivity contribution in [3.63, 3.8) is 0 Å². The lowest BCUT2D eigenvalue weighted by Crippen LogP contribution is -2.20. The van der Waals surface area contributed by atoms with Crippen LogP contribution < -0.4 is 10.1 Å². The third-order valence-corrected chi connectivity index (χ3v) is 3.62. The lowest BCUT2D eigenvalue weighted by molar-refractivity contribution is 0.274. The number of rotatable bonds is 2. The molecule has 0 bridgehead atoms. The van der Waals surface area contributed by atoms with Crippen molar-refractivity contribution >= 4 is 21.6 Å². The summed E-state index contributed by atoms with van der Waals surface area (Å²) in [6.07, 6.45) is 0.984. The van der Waals surface area contributed by atoms with E-state index in [-0.39, 0.29) is 0 Å². The van der Waals surface area contributed by atoms with Crippen LogP contribution in [0, 0.1) is 0 Å². The highest BCUT2D eigenvalue weighted by atomic mass is 79.9. The third kappa shape index (κ3) is 2.36. The quantitative estimate of drug-likeness (QED) is 0.888. The fourth-order valence-electron chi connectivity index (χ4n) is 2.25. The van der Waals surface area contributed by atoms with Crippen LogP contribution in [0.5, 0.6) is 5.75 Å². The molecular weight excluding hydrogens is 290 g/mol. The van der Waals surface area contributed by atoms with E-state index in [1.807, 2.05) is 30.3 Å². The fourth-order valence-corrected chi connectivity index (χ4v) is 2.63. The van der Waals surface area contributed by atoms with E-state index < -0.39 is 0 Å². The second kappa shape index (κ2) is 5.02. The van der Waals surface area contributed by atoms with Gasteiger partial charge in [0.2, 0.25) is 0 Å². The van der Waals surface area contributed by atoms with Gasteiger partial charge in [0.05, 0.1) is 12.6 Å².